The summed E-state index contributed by atoms with van der Waals surface area (Å²) in [5.41, 5.74) is -1.28. The third-order valence-corrected chi connectivity index (χ3v) is 9.78. The molecule has 1 N–H and O–H groups in total. The van der Waals surface area contributed by atoms with Crippen molar-refractivity contribution >= 4 is 27.5 Å². The number of fused-ring (bicyclic) bond motifs is 5. The fourth-order valence-electron chi connectivity index (χ4n) is 7.73. The van der Waals surface area contributed by atoms with Gasteiger partial charge < -0.3 is 19.5 Å². The van der Waals surface area contributed by atoms with Gasteiger partial charge in [-0.15, -0.1) is 6.42 Å². The number of halogens is 4. The van der Waals surface area contributed by atoms with E-state index >= 15 is 4.39 Å². The van der Waals surface area contributed by atoms with Crippen LogP contribution in [0.2, 0.25) is 0 Å². The van der Waals surface area contributed by atoms with Crippen molar-refractivity contribution in [1.82, 2.24) is 19.9 Å². The molecule has 4 saturated heterocycles. The number of morpholine rings is 1. The molecule has 0 amide bonds. The molecule has 4 atom stereocenters. The van der Waals surface area contributed by atoms with Crippen LogP contribution in [0, 0.1) is 29.8 Å². The Balaban J connectivity index is 1.29. The van der Waals surface area contributed by atoms with Gasteiger partial charge in [-0.25, -0.2) is 17.6 Å². The zero-order valence-electron chi connectivity index (χ0n) is 24.2. The van der Waals surface area contributed by atoms with Crippen LogP contribution in [0.15, 0.2) is 24.4 Å². The maximum atomic E-state index is 16.7. The average molecular weight is 620 g/mol. The quantitative estimate of drug-likeness (QED) is 0.239. The summed E-state index contributed by atoms with van der Waals surface area (Å²) >= 11 is 0. The summed E-state index contributed by atoms with van der Waals surface area (Å²) in [7, 11) is 0. The molecule has 0 saturated carbocycles. The number of benzene rings is 2. The number of rotatable bonds is 5. The van der Waals surface area contributed by atoms with Crippen molar-refractivity contribution in [1.29, 1.82) is 0 Å². The number of terminal acetylenes is 1. The summed E-state index contributed by atoms with van der Waals surface area (Å²) < 4.78 is 73.1. The van der Waals surface area contributed by atoms with Crippen LogP contribution in [0.3, 0.4) is 0 Å². The molecule has 0 spiro atoms. The van der Waals surface area contributed by atoms with E-state index in [1.54, 1.807) is 0 Å². The number of hydrogen-bond donors (Lipinski definition) is 1. The van der Waals surface area contributed by atoms with Gasteiger partial charge in [0, 0.05) is 48.6 Å². The highest BCUT2D eigenvalue weighted by Crippen LogP contribution is 2.43. The highest BCUT2D eigenvalue weighted by atomic mass is 19.1. The number of phenolic OH excluding ortho intramolecular Hbond substituents is 1. The Labute approximate surface area is 256 Å². The lowest BCUT2D eigenvalue weighted by Gasteiger charge is -2.34. The third kappa shape index (κ3) is 4.47. The van der Waals surface area contributed by atoms with Gasteiger partial charge in [0.15, 0.2) is 17.4 Å². The van der Waals surface area contributed by atoms with Gasteiger partial charge in [-0.2, -0.15) is 9.97 Å². The number of hydrogen-bond acceptors (Lipinski definition) is 8. The summed E-state index contributed by atoms with van der Waals surface area (Å²) in [4.78, 5) is 17.7. The van der Waals surface area contributed by atoms with Crippen LogP contribution >= 0.6 is 0 Å². The Hall–Kier alpha value is -4.21. The topological polar surface area (TPSA) is 83.8 Å². The Morgan fingerprint density at radius 3 is 2.67 bits per heavy atom. The molecule has 45 heavy (non-hydrogen) atoms. The van der Waals surface area contributed by atoms with Crippen LogP contribution < -0.4 is 9.64 Å². The minimum atomic E-state index is -1.02. The van der Waals surface area contributed by atoms with Crippen molar-refractivity contribution in [3.63, 3.8) is 0 Å². The zero-order chi connectivity index (χ0) is 31.0. The van der Waals surface area contributed by atoms with Crippen molar-refractivity contribution < 1.29 is 32.1 Å². The first-order valence-corrected chi connectivity index (χ1v) is 15.1. The van der Waals surface area contributed by atoms with E-state index in [1.165, 1.54) is 6.20 Å². The predicted molar refractivity (Wildman–Crippen MR) is 158 cm³/mol. The molecule has 0 aliphatic carbocycles. The number of pyridine rings is 1. The molecule has 4 aliphatic heterocycles. The van der Waals surface area contributed by atoms with Crippen LogP contribution in [-0.4, -0.2) is 81.7 Å². The van der Waals surface area contributed by atoms with Gasteiger partial charge in [0.05, 0.1) is 28.7 Å². The summed E-state index contributed by atoms with van der Waals surface area (Å²) in [6.07, 6.45) is 9.93. The van der Waals surface area contributed by atoms with Crippen molar-refractivity contribution in [2.75, 3.05) is 37.7 Å². The van der Waals surface area contributed by atoms with Crippen molar-refractivity contribution in [3.05, 3.63) is 47.4 Å². The minimum Gasteiger partial charge on any atom is -0.505 e. The standard InChI is InChI=1S/C33H29F4N5O3/c1-2-20-24(35)7-6-21-26(20)22(10-25(43)27(21)36)29-28(37)30-23(12-38-29)31(41-14-18-4-5-19(15-41)45-18)40-32(39-30)44-16-33-8-3-9-42(33)13-17(34)11-33/h1,6-7,10,12,17-19,43H,3-5,8-9,11,13-16H2/t17-,18?,19?,33?/m1/s1. The first kappa shape index (κ1) is 28.3. The van der Waals surface area contributed by atoms with E-state index in [0.717, 1.165) is 50.4 Å². The van der Waals surface area contributed by atoms with Crippen LogP contribution in [-0.2, 0) is 4.74 Å². The highest BCUT2D eigenvalue weighted by molar-refractivity contribution is 6.03. The molecule has 0 radical (unpaired) electrons. The second-order valence-electron chi connectivity index (χ2n) is 12.5. The Morgan fingerprint density at radius 1 is 1.09 bits per heavy atom. The molecule has 2 aromatic carbocycles. The van der Waals surface area contributed by atoms with Crippen LogP contribution in [0.5, 0.6) is 11.8 Å². The number of alkyl halides is 1. The molecule has 4 aromatic rings. The van der Waals surface area contributed by atoms with Crippen LogP contribution in [0.1, 0.15) is 37.7 Å². The fraction of sp³-hybridized carbons (Fsp3) is 0.424. The van der Waals surface area contributed by atoms with E-state index in [4.69, 9.17) is 20.9 Å². The smallest absolute Gasteiger partial charge is 0.319 e. The van der Waals surface area contributed by atoms with E-state index in [0.29, 0.717) is 37.3 Å². The van der Waals surface area contributed by atoms with Crippen molar-refractivity contribution in [2.45, 2.75) is 56.0 Å². The largest absolute Gasteiger partial charge is 0.505 e. The molecule has 2 bridgehead atoms. The molecule has 6 heterocycles. The summed E-state index contributed by atoms with van der Waals surface area (Å²) in [5, 5.41) is 10.4. The van der Waals surface area contributed by atoms with E-state index in [-0.39, 0.29) is 57.9 Å². The molecular formula is C33H29F4N5O3. The van der Waals surface area contributed by atoms with Crippen molar-refractivity contribution in [3.8, 4) is 35.4 Å². The maximum Gasteiger partial charge on any atom is 0.319 e. The van der Waals surface area contributed by atoms with Crippen LogP contribution in [0.25, 0.3) is 32.9 Å². The van der Waals surface area contributed by atoms with Gasteiger partial charge >= 0.3 is 6.01 Å². The van der Waals surface area contributed by atoms with E-state index in [1.807, 2.05) is 4.90 Å². The zero-order valence-corrected chi connectivity index (χ0v) is 24.2. The first-order chi connectivity index (χ1) is 21.7. The van der Waals surface area contributed by atoms with Gasteiger partial charge in [-0.1, -0.05) is 5.92 Å². The second kappa shape index (κ2) is 10.4. The van der Waals surface area contributed by atoms with E-state index < -0.39 is 34.9 Å². The van der Waals surface area contributed by atoms with Gasteiger partial charge in [0.1, 0.15) is 35.6 Å². The number of aromatic hydroxyl groups is 1. The molecule has 2 aromatic heterocycles. The van der Waals surface area contributed by atoms with Crippen LogP contribution in [0.4, 0.5) is 23.4 Å². The molecule has 12 heteroatoms. The Morgan fingerprint density at radius 2 is 1.89 bits per heavy atom. The lowest BCUT2D eigenvalue weighted by atomic mass is 9.95. The van der Waals surface area contributed by atoms with Gasteiger partial charge in [-0.05, 0) is 50.4 Å². The monoisotopic (exact) mass is 619 g/mol. The summed E-state index contributed by atoms with van der Waals surface area (Å²) in [5.74, 6) is -0.847. The fourth-order valence-corrected chi connectivity index (χ4v) is 7.73. The van der Waals surface area contributed by atoms with Gasteiger partial charge in [-0.3, -0.25) is 9.88 Å². The predicted octanol–water partition coefficient (Wildman–Crippen LogP) is 5.27. The molecule has 3 unspecified atom stereocenters. The first-order valence-electron chi connectivity index (χ1n) is 15.1. The average Bonchev–Trinajstić information content (AvgIpc) is 3.68. The number of ether oxygens (including phenoxy) is 2. The number of phenols is 1. The molecule has 232 valence electrons. The summed E-state index contributed by atoms with van der Waals surface area (Å²) in [6.45, 7) is 2.36. The third-order valence-electron chi connectivity index (χ3n) is 9.78. The lowest BCUT2D eigenvalue weighted by Crippen LogP contribution is -2.44. The van der Waals surface area contributed by atoms with Crippen molar-refractivity contribution in [2.24, 2.45) is 0 Å². The summed E-state index contributed by atoms with van der Waals surface area (Å²) in [6, 6.07) is 3.04. The number of anilines is 1. The maximum absolute atomic E-state index is 16.7. The van der Waals surface area contributed by atoms with E-state index in [2.05, 4.69) is 20.8 Å². The molecule has 4 aliphatic rings. The highest BCUT2D eigenvalue weighted by Gasteiger charge is 2.49. The Kier molecular flexibility index (Phi) is 6.55. The number of aromatic nitrogens is 3. The SMILES string of the molecule is C#Cc1c(F)ccc2c(F)c(O)cc(-c3ncc4c(N5CC6CCC(C5)O6)nc(OCC56CCCN5C[C@H](F)C6)nc4c3F)c12. The van der Waals surface area contributed by atoms with E-state index in [9.17, 15) is 18.3 Å². The molecule has 4 fully saturated rings. The normalized spacial score (nSPS) is 26.1. The van der Waals surface area contributed by atoms with Gasteiger partial charge in [0.25, 0.3) is 0 Å². The minimum absolute atomic E-state index is 0.00626. The molecule has 8 rings (SSSR count). The Bertz CT molecular complexity index is 1910. The lowest BCUT2D eigenvalue weighted by molar-refractivity contribution is 0.0302. The number of nitrogens with zero attached hydrogens (tertiary/aromatic N) is 5. The second-order valence-corrected chi connectivity index (χ2v) is 12.5. The molecular weight excluding hydrogens is 590 g/mol. The molecule has 8 nitrogen and oxygen atoms in total. The van der Waals surface area contributed by atoms with Gasteiger partial charge in [0.2, 0.25) is 0 Å².